The van der Waals surface area contributed by atoms with Crippen molar-refractivity contribution < 1.29 is 14.3 Å². The van der Waals surface area contributed by atoms with E-state index in [1.807, 2.05) is 26.0 Å². The summed E-state index contributed by atoms with van der Waals surface area (Å²) < 4.78 is 10.5. The average molecular weight is 289 g/mol. The molecule has 0 aliphatic heterocycles. The highest BCUT2D eigenvalue weighted by molar-refractivity contribution is 5.85. The first kappa shape index (κ1) is 17.5. The third-order valence-corrected chi connectivity index (χ3v) is 2.80. The van der Waals surface area contributed by atoms with Gasteiger partial charge in [-0.05, 0) is 37.1 Å². The topological polar surface area (TPSA) is 73.6 Å². The first-order valence-electron chi connectivity index (χ1n) is 5.75. The number of benzene rings is 1. The summed E-state index contributed by atoms with van der Waals surface area (Å²) in [5, 5.41) is 2.82. The highest BCUT2D eigenvalue weighted by Gasteiger charge is 2.15. The highest BCUT2D eigenvalue weighted by Crippen LogP contribution is 2.32. The van der Waals surface area contributed by atoms with Gasteiger partial charge in [-0.15, -0.1) is 12.4 Å². The highest BCUT2D eigenvalue weighted by atomic mass is 35.5. The maximum Gasteiger partial charge on any atom is 0.234 e. The molecule has 0 heterocycles. The number of hydrogen-bond donors (Lipinski definition) is 2. The number of methoxy groups -OCH3 is 2. The number of carbonyl (C=O) groups excluding carboxylic acids is 1. The number of amides is 1. The Morgan fingerprint density at radius 1 is 1.32 bits per heavy atom. The molecule has 0 aromatic heterocycles. The number of nitrogens with one attached hydrogen (secondary N) is 1. The van der Waals surface area contributed by atoms with Crippen LogP contribution in [-0.2, 0) is 4.79 Å². The van der Waals surface area contributed by atoms with Gasteiger partial charge < -0.3 is 20.5 Å². The zero-order valence-electron chi connectivity index (χ0n) is 11.6. The van der Waals surface area contributed by atoms with Crippen LogP contribution in [0.5, 0.6) is 11.5 Å². The van der Waals surface area contributed by atoms with Gasteiger partial charge in [0.25, 0.3) is 0 Å². The van der Waals surface area contributed by atoms with Gasteiger partial charge in [0.1, 0.15) is 0 Å². The van der Waals surface area contributed by atoms with Crippen LogP contribution in [0.2, 0.25) is 0 Å². The lowest BCUT2D eigenvalue weighted by molar-refractivity contribution is -0.120. The Hall–Kier alpha value is -1.46. The van der Waals surface area contributed by atoms with E-state index in [1.54, 1.807) is 14.2 Å². The van der Waals surface area contributed by atoms with E-state index in [4.69, 9.17) is 15.2 Å². The summed E-state index contributed by atoms with van der Waals surface area (Å²) in [5.74, 6) is 1.14. The summed E-state index contributed by atoms with van der Waals surface area (Å²) in [6, 6.07) is 3.63. The summed E-state index contributed by atoms with van der Waals surface area (Å²) in [4.78, 5) is 11.3. The number of rotatable bonds is 5. The normalized spacial score (nSPS) is 11.2. The van der Waals surface area contributed by atoms with E-state index >= 15 is 0 Å². The zero-order valence-corrected chi connectivity index (χ0v) is 12.5. The minimum Gasteiger partial charge on any atom is -0.493 e. The summed E-state index contributed by atoms with van der Waals surface area (Å²) in [6.07, 6.45) is 0. The summed E-state index contributed by atoms with van der Waals surface area (Å²) in [6.45, 7) is 3.85. The minimum atomic E-state index is -0.184. The molecule has 5 nitrogen and oxygen atoms in total. The van der Waals surface area contributed by atoms with Gasteiger partial charge in [-0.2, -0.15) is 0 Å². The molecule has 0 saturated heterocycles. The van der Waals surface area contributed by atoms with Crippen molar-refractivity contribution in [1.82, 2.24) is 5.32 Å². The first-order valence-corrected chi connectivity index (χ1v) is 5.75. The lowest BCUT2D eigenvalue weighted by Crippen LogP contribution is -2.32. The van der Waals surface area contributed by atoms with Crippen molar-refractivity contribution in [2.45, 2.75) is 19.9 Å². The van der Waals surface area contributed by atoms with E-state index < -0.39 is 0 Å². The number of carbonyl (C=O) groups is 1. The molecule has 108 valence electrons. The first-order chi connectivity index (χ1) is 8.53. The monoisotopic (exact) mass is 288 g/mol. The Labute approximate surface area is 119 Å². The second kappa shape index (κ2) is 7.86. The van der Waals surface area contributed by atoms with Gasteiger partial charge in [-0.25, -0.2) is 0 Å². The molecule has 1 rings (SSSR count). The van der Waals surface area contributed by atoms with Gasteiger partial charge in [0, 0.05) is 0 Å². The quantitative estimate of drug-likeness (QED) is 0.862. The van der Waals surface area contributed by atoms with Crippen molar-refractivity contribution in [2.75, 3.05) is 20.8 Å². The van der Waals surface area contributed by atoms with Crippen LogP contribution in [-0.4, -0.2) is 26.7 Å². The zero-order chi connectivity index (χ0) is 13.7. The smallest absolute Gasteiger partial charge is 0.234 e. The van der Waals surface area contributed by atoms with Crippen LogP contribution >= 0.6 is 12.4 Å². The van der Waals surface area contributed by atoms with Crippen LogP contribution in [0.15, 0.2) is 12.1 Å². The lowest BCUT2D eigenvalue weighted by Gasteiger charge is -2.18. The van der Waals surface area contributed by atoms with Crippen molar-refractivity contribution in [3.63, 3.8) is 0 Å². The van der Waals surface area contributed by atoms with Crippen LogP contribution in [0.4, 0.5) is 0 Å². The second-order valence-electron chi connectivity index (χ2n) is 4.06. The molecule has 19 heavy (non-hydrogen) atoms. The van der Waals surface area contributed by atoms with Crippen molar-refractivity contribution in [1.29, 1.82) is 0 Å². The predicted molar refractivity (Wildman–Crippen MR) is 77.1 cm³/mol. The standard InChI is InChI=1S/C13H20N2O3.ClH/c1-8-5-11(17-3)12(18-4)6-10(8)9(2)15-13(16)7-14;/h5-6,9H,7,14H2,1-4H3,(H,15,16);1H. The van der Waals surface area contributed by atoms with Crippen molar-refractivity contribution in [2.24, 2.45) is 5.73 Å². The number of aryl methyl sites for hydroxylation is 1. The molecule has 0 bridgehead atoms. The van der Waals surface area contributed by atoms with Crippen molar-refractivity contribution in [3.05, 3.63) is 23.3 Å². The predicted octanol–water partition coefficient (Wildman–Crippen LogP) is 1.57. The summed E-state index contributed by atoms with van der Waals surface area (Å²) in [7, 11) is 3.18. The summed E-state index contributed by atoms with van der Waals surface area (Å²) in [5.41, 5.74) is 7.29. The molecular weight excluding hydrogens is 268 g/mol. The Morgan fingerprint density at radius 3 is 2.32 bits per heavy atom. The van der Waals surface area contributed by atoms with Crippen molar-refractivity contribution in [3.8, 4) is 11.5 Å². The molecule has 0 spiro atoms. The minimum absolute atomic E-state index is 0. The molecule has 1 aromatic carbocycles. The number of nitrogens with two attached hydrogens (primary N) is 1. The Bertz CT molecular complexity index is 438. The summed E-state index contributed by atoms with van der Waals surface area (Å²) >= 11 is 0. The van der Waals surface area contributed by atoms with Gasteiger partial charge >= 0.3 is 0 Å². The van der Waals surface area contributed by atoms with Crippen molar-refractivity contribution >= 4 is 18.3 Å². The van der Waals surface area contributed by atoms with E-state index in [0.29, 0.717) is 11.5 Å². The van der Waals surface area contributed by atoms with Crippen LogP contribution in [0.1, 0.15) is 24.1 Å². The molecule has 6 heteroatoms. The fraction of sp³-hybridized carbons (Fsp3) is 0.462. The number of hydrogen-bond acceptors (Lipinski definition) is 4. The molecule has 0 radical (unpaired) electrons. The molecule has 3 N–H and O–H groups in total. The number of ether oxygens (including phenoxy) is 2. The van der Waals surface area contributed by atoms with E-state index in [0.717, 1.165) is 11.1 Å². The molecule has 0 fully saturated rings. The van der Waals surface area contributed by atoms with Gasteiger partial charge in [0.05, 0.1) is 26.8 Å². The molecule has 1 aromatic rings. The van der Waals surface area contributed by atoms with Gasteiger partial charge in [-0.1, -0.05) is 0 Å². The Kier molecular flexibility index (Phi) is 7.26. The van der Waals surface area contributed by atoms with Gasteiger partial charge in [-0.3, -0.25) is 4.79 Å². The van der Waals surface area contributed by atoms with E-state index in [1.165, 1.54) is 0 Å². The average Bonchev–Trinajstić information content (AvgIpc) is 2.37. The fourth-order valence-electron chi connectivity index (χ4n) is 1.84. The molecule has 1 unspecified atom stereocenters. The van der Waals surface area contributed by atoms with E-state index in [9.17, 15) is 4.79 Å². The van der Waals surface area contributed by atoms with Crippen LogP contribution in [0.3, 0.4) is 0 Å². The van der Waals surface area contributed by atoms with Gasteiger partial charge in [0.2, 0.25) is 5.91 Å². The largest absolute Gasteiger partial charge is 0.493 e. The van der Waals surface area contributed by atoms with Crippen LogP contribution < -0.4 is 20.5 Å². The third kappa shape index (κ3) is 4.29. The van der Waals surface area contributed by atoms with E-state index in [2.05, 4.69) is 5.32 Å². The maximum absolute atomic E-state index is 11.3. The molecule has 1 amide bonds. The lowest BCUT2D eigenvalue weighted by atomic mass is 10.0. The second-order valence-corrected chi connectivity index (χ2v) is 4.06. The third-order valence-electron chi connectivity index (χ3n) is 2.80. The van der Waals surface area contributed by atoms with E-state index in [-0.39, 0.29) is 30.9 Å². The molecule has 0 saturated carbocycles. The van der Waals surface area contributed by atoms with Crippen LogP contribution in [0, 0.1) is 6.92 Å². The molecule has 0 aliphatic rings. The maximum atomic E-state index is 11.3. The Morgan fingerprint density at radius 2 is 1.84 bits per heavy atom. The molecular formula is C13H21ClN2O3. The Balaban J connectivity index is 0.00000324. The molecule has 0 aliphatic carbocycles. The molecule has 1 atom stereocenters. The van der Waals surface area contributed by atoms with Gasteiger partial charge in [0.15, 0.2) is 11.5 Å². The SMILES string of the molecule is COc1cc(C)c(C(C)NC(=O)CN)cc1OC.Cl. The van der Waals surface area contributed by atoms with Crippen LogP contribution in [0.25, 0.3) is 0 Å². The number of halogens is 1. The fourth-order valence-corrected chi connectivity index (χ4v) is 1.84.